The highest BCUT2D eigenvalue weighted by Gasteiger charge is 2.11. The minimum absolute atomic E-state index is 0.239. The van der Waals surface area contributed by atoms with Crippen LogP contribution in [0.5, 0.6) is 5.75 Å². The summed E-state index contributed by atoms with van der Waals surface area (Å²) in [6.45, 7) is 5.24. The van der Waals surface area contributed by atoms with Crippen LogP contribution in [0, 0.1) is 6.92 Å². The Hall–Kier alpha value is -3.15. The third kappa shape index (κ3) is 3.10. The van der Waals surface area contributed by atoms with E-state index in [-0.39, 0.29) is 6.61 Å². The van der Waals surface area contributed by atoms with Crippen LogP contribution >= 0.6 is 0 Å². The normalized spacial score (nSPS) is 11.1. The van der Waals surface area contributed by atoms with Crippen molar-refractivity contribution in [2.24, 2.45) is 0 Å². The molecule has 0 aliphatic carbocycles. The summed E-state index contributed by atoms with van der Waals surface area (Å²) < 4.78 is 13.1. The standard InChI is InChI=1S/C19H18N4O2/c1-3-23-12-20-16-10-14(7-8-17(16)23)19-21-18(25-22-19)11-24-15-6-4-5-13(2)9-15/h4-10,12H,3,11H2,1-2H3. The lowest BCUT2D eigenvalue weighted by Crippen LogP contribution is -1.96. The molecule has 0 unspecified atom stereocenters. The molecule has 0 fully saturated rings. The summed E-state index contributed by atoms with van der Waals surface area (Å²) in [5.41, 5.74) is 4.03. The second-order valence-electron chi connectivity index (χ2n) is 5.85. The first kappa shape index (κ1) is 15.4. The first-order valence-electron chi connectivity index (χ1n) is 8.20. The van der Waals surface area contributed by atoms with Gasteiger partial charge in [0.2, 0.25) is 5.82 Å². The fourth-order valence-corrected chi connectivity index (χ4v) is 2.74. The van der Waals surface area contributed by atoms with E-state index in [4.69, 9.17) is 9.26 Å². The smallest absolute Gasteiger partial charge is 0.264 e. The van der Waals surface area contributed by atoms with Gasteiger partial charge in [-0.1, -0.05) is 17.3 Å². The molecule has 0 atom stereocenters. The Labute approximate surface area is 145 Å². The van der Waals surface area contributed by atoms with E-state index < -0.39 is 0 Å². The van der Waals surface area contributed by atoms with Gasteiger partial charge in [0.15, 0.2) is 6.61 Å². The number of rotatable bonds is 5. The Morgan fingerprint density at radius 2 is 2.08 bits per heavy atom. The van der Waals surface area contributed by atoms with E-state index in [0.29, 0.717) is 11.7 Å². The third-order valence-electron chi connectivity index (χ3n) is 4.04. The van der Waals surface area contributed by atoms with E-state index in [9.17, 15) is 0 Å². The van der Waals surface area contributed by atoms with Gasteiger partial charge in [0.1, 0.15) is 5.75 Å². The van der Waals surface area contributed by atoms with Crippen LogP contribution in [0.15, 0.2) is 53.3 Å². The highest BCUT2D eigenvalue weighted by molar-refractivity contribution is 5.80. The summed E-state index contributed by atoms with van der Waals surface area (Å²) in [5, 5.41) is 4.05. The van der Waals surface area contributed by atoms with Gasteiger partial charge in [0.05, 0.1) is 17.4 Å². The maximum absolute atomic E-state index is 5.70. The van der Waals surface area contributed by atoms with Crippen molar-refractivity contribution >= 4 is 11.0 Å². The van der Waals surface area contributed by atoms with Crippen molar-refractivity contribution in [2.45, 2.75) is 27.0 Å². The summed E-state index contributed by atoms with van der Waals surface area (Å²) in [4.78, 5) is 8.83. The topological polar surface area (TPSA) is 66.0 Å². The number of aromatic nitrogens is 4. The Morgan fingerprint density at radius 3 is 2.92 bits per heavy atom. The third-order valence-corrected chi connectivity index (χ3v) is 4.04. The maximum Gasteiger partial charge on any atom is 0.264 e. The lowest BCUT2D eigenvalue weighted by molar-refractivity contribution is 0.243. The molecule has 2 aromatic heterocycles. The average Bonchev–Trinajstić information content (AvgIpc) is 3.26. The predicted molar refractivity (Wildman–Crippen MR) is 94.2 cm³/mol. The van der Waals surface area contributed by atoms with Crippen molar-refractivity contribution in [1.82, 2.24) is 19.7 Å². The lowest BCUT2D eigenvalue weighted by atomic mass is 10.2. The quantitative estimate of drug-likeness (QED) is 0.552. The van der Waals surface area contributed by atoms with Crippen LogP contribution in [-0.2, 0) is 13.2 Å². The number of ether oxygens (including phenoxy) is 1. The number of benzene rings is 2. The van der Waals surface area contributed by atoms with Crippen molar-refractivity contribution < 1.29 is 9.26 Å². The molecule has 0 bridgehead atoms. The van der Waals surface area contributed by atoms with Crippen LogP contribution in [0.2, 0.25) is 0 Å². The van der Waals surface area contributed by atoms with E-state index in [1.165, 1.54) is 0 Å². The van der Waals surface area contributed by atoms with E-state index in [0.717, 1.165) is 34.5 Å². The molecule has 6 heteroatoms. The second-order valence-corrected chi connectivity index (χ2v) is 5.85. The molecule has 25 heavy (non-hydrogen) atoms. The molecule has 0 amide bonds. The number of hydrogen-bond donors (Lipinski definition) is 0. The fourth-order valence-electron chi connectivity index (χ4n) is 2.74. The minimum atomic E-state index is 0.239. The Morgan fingerprint density at radius 1 is 1.16 bits per heavy atom. The van der Waals surface area contributed by atoms with Gasteiger partial charge in [-0.25, -0.2) is 4.98 Å². The summed E-state index contributed by atoms with van der Waals surface area (Å²) >= 11 is 0. The molecule has 2 heterocycles. The molecular formula is C19H18N4O2. The first-order chi connectivity index (χ1) is 12.2. The lowest BCUT2D eigenvalue weighted by Gasteiger charge is -2.03. The van der Waals surface area contributed by atoms with E-state index >= 15 is 0 Å². The molecule has 0 saturated carbocycles. The van der Waals surface area contributed by atoms with Crippen LogP contribution in [0.3, 0.4) is 0 Å². The van der Waals surface area contributed by atoms with Crippen LogP contribution in [0.4, 0.5) is 0 Å². The fraction of sp³-hybridized carbons (Fsp3) is 0.211. The Bertz CT molecular complexity index is 1020. The van der Waals surface area contributed by atoms with Gasteiger partial charge in [-0.2, -0.15) is 4.98 Å². The van der Waals surface area contributed by atoms with E-state index in [2.05, 4.69) is 26.6 Å². The zero-order valence-corrected chi connectivity index (χ0v) is 14.1. The summed E-state index contributed by atoms with van der Waals surface area (Å²) in [5.74, 6) is 1.76. The highest BCUT2D eigenvalue weighted by atomic mass is 16.5. The van der Waals surface area contributed by atoms with Gasteiger partial charge in [0, 0.05) is 12.1 Å². The first-order valence-corrected chi connectivity index (χ1v) is 8.20. The van der Waals surface area contributed by atoms with Gasteiger partial charge in [0.25, 0.3) is 5.89 Å². The van der Waals surface area contributed by atoms with Crippen molar-refractivity contribution in [1.29, 1.82) is 0 Å². The number of hydrogen-bond acceptors (Lipinski definition) is 5. The van der Waals surface area contributed by atoms with Gasteiger partial charge in [-0.15, -0.1) is 0 Å². The Kier molecular flexibility index (Phi) is 3.93. The predicted octanol–water partition coefficient (Wildman–Crippen LogP) is 3.99. The summed E-state index contributed by atoms with van der Waals surface area (Å²) in [6, 6.07) is 13.8. The van der Waals surface area contributed by atoms with Gasteiger partial charge in [-0.05, 0) is 49.7 Å². The van der Waals surface area contributed by atoms with Crippen molar-refractivity contribution in [3.8, 4) is 17.1 Å². The summed E-state index contributed by atoms with van der Waals surface area (Å²) in [6.07, 6.45) is 1.84. The molecule has 4 rings (SSSR count). The largest absolute Gasteiger partial charge is 0.484 e. The number of fused-ring (bicyclic) bond motifs is 1. The van der Waals surface area contributed by atoms with Crippen LogP contribution in [-0.4, -0.2) is 19.7 Å². The number of aryl methyl sites for hydroxylation is 2. The summed E-state index contributed by atoms with van der Waals surface area (Å²) in [7, 11) is 0. The van der Waals surface area contributed by atoms with Gasteiger partial charge >= 0.3 is 0 Å². The van der Waals surface area contributed by atoms with Crippen molar-refractivity contribution in [3.63, 3.8) is 0 Å². The van der Waals surface area contributed by atoms with Crippen molar-refractivity contribution in [2.75, 3.05) is 0 Å². The zero-order chi connectivity index (χ0) is 17.2. The van der Waals surface area contributed by atoms with E-state index in [1.54, 1.807) is 0 Å². The van der Waals surface area contributed by atoms with Crippen LogP contribution < -0.4 is 4.74 Å². The van der Waals surface area contributed by atoms with E-state index in [1.807, 2.05) is 55.7 Å². The number of nitrogens with zero attached hydrogens (tertiary/aromatic N) is 4. The highest BCUT2D eigenvalue weighted by Crippen LogP contribution is 2.22. The molecule has 126 valence electrons. The minimum Gasteiger partial charge on any atom is -0.484 e. The SMILES string of the molecule is CCn1cnc2cc(-c3noc(COc4cccc(C)c4)n3)ccc21. The monoisotopic (exact) mass is 334 g/mol. The molecule has 0 aliphatic rings. The Balaban J connectivity index is 1.52. The van der Waals surface area contributed by atoms with Crippen molar-refractivity contribution in [3.05, 3.63) is 60.2 Å². The number of imidazole rings is 1. The van der Waals surface area contributed by atoms with Crippen LogP contribution in [0.25, 0.3) is 22.4 Å². The molecule has 6 nitrogen and oxygen atoms in total. The molecule has 0 spiro atoms. The molecule has 4 aromatic rings. The molecular weight excluding hydrogens is 316 g/mol. The molecule has 0 N–H and O–H groups in total. The zero-order valence-electron chi connectivity index (χ0n) is 14.1. The average molecular weight is 334 g/mol. The molecule has 0 radical (unpaired) electrons. The molecule has 0 saturated heterocycles. The molecule has 0 aliphatic heterocycles. The second kappa shape index (κ2) is 6.39. The van der Waals surface area contributed by atoms with Gasteiger partial charge < -0.3 is 13.8 Å². The maximum atomic E-state index is 5.70. The van der Waals surface area contributed by atoms with Crippen LogP contribution in [0.1, 0.15) is 18.4 Å². The van der Waals surface area contributed by atoms with Gasteiger partial charge in [-0.3, -0.25) is 0 Å². The molecule has 2 aromatic carbocycles.